The van der Waals surface area contributed by atoms with Crippen LogP contribution < -0.4 is 0 Å². The van der Waals surface area contributed by atoms with Gasteiger partial charge in [-0.25, -0.2) is 14.8 Å². The second-order valence-electron chi connectivity index (χ2n) is 10.4. The third-order valence-electron chi connectivity index (χ3n) is 7.54. The highest BCUT2D eigenvalue weighted by Crippen LogP contribution is 2.30. The van der Waals surface area contributed by atoms with Gasteiger partial charge in [0.25, 0.3) is 0 Å². The molecule has 0 unspecified atom stereocenters. The van der Waals surface area contributed by atoms with Gasteiger partial charge in [-0.3, -0.25) is 0 Å². The minimum Gasteiger partial charge on any atom is -0.478 e. The molecule has 206 valence electrons. The van der Waals surface area contributed by atoms with E-state index in [9.17, 15) is 20.4 Å². The molecule has 1 N–H and O–H groups in total. The smallest absolute Gasteiger partial charge is 0.336 e. The number of likely N-dealkylation sites (tertiary alicyclic amines) is 1. The van der Waals surface area contributed by atoms with Gasteiger partial charge in [-0.05, 0) is 66.6 Å². The van der Waals surface area contributed by atoms with E-state index in [1.807, 2.05) is 55.5 Å². The van der Waals surface area contributed by atoms with Gasteiger partial charge in [0.05, 0.1) is 34.4 Å². The van der Waals surface area contributed by atoms with Crippen LogP contribution in [-0.2, 0) is 13.0 Å². The van der Waals surface area contributed by atoms with E-state index in [0.717, 1.165) is 72.3 Å². The molecule has 0 spiro atoms. The molecule has 0 radical (unpaired) electrons. The number of carboxylic acids is 1. The number of fused-ring (bicyclic) bond motifs is 1. The van der Waals surface area contributed by atoms with E-state index in [4.69, 9.17) is 9.98 Å². The lowest BCUT2D eigenvalue weighted by molar-refractivity contribution is 0.0697. The van der Waals surface area contributed by atoms with Crippen LogP contribution in [0.3, 0.4) is 0 Å². The zero-order valence-electron chi connectivity index (χ0n) is 23.3. The number of carbonyl (C=O) groups is 1. The van der Waals surface area contributed by atoms with Crippen molar-refractivity contribution < 1.29 is 9.90 Å². The van der Waals surface area contributed by atoms with Crippen LogP contribution in [0.15, 0.2) is 65.7 Å². The summed E-state index contributed by atoms with van der Waals surface area (Å²) in [5, 5.41) is 28.9. The maximum Gasteiger partial charge on any atom is 0.336 e. The molecule has 41 heavy (non-hydrogen) atoms. The van der Waals surface area contributed by atoms with Gasteiger partial charge in [0.1, 0.15) is 11.7 Å². The summed E-state index contributed by atoms with van der Waals surface area (Å²) in [6.07, 6.45) is 3.81. The van der Waals surface area contributed by atoms with Crippen LogP contribution in [0.25, 0.3) is 22.2 Å². The number of benzene rings is 3. The number of aromatic nitrogens is 2. The highest BCUT2D eigenvalue weighted by atomic mass is 16.4. The summed E-state index contributed by atoms with van der Waals surface area (Å²) >= 11 is 0. The first-order valence-corrected chi connectivity index (χ1v) is 14.0. The SMILES string of the molecule is CCCc1nc2c(C)cc(N=C(C(C#N)C#N)N3CCCC3)cc2n1Cc1ccc(-c2ccccc2C(=O)O)cc1. The number of hydrogen-bond donors (Lipinski definition) is 1. The van der Waals surface area contributed by atoms with E-state index in [1.54, 1.807) is 12.1 Å². The van der Waals surface area contributed by atoms with Gasteiger partial charge in [0.2, 0.25) is 0 Å². The van der Waals surface area contributed by atoms with Crippen molar-refractivity contribution in [2.75, 3.05) is 13.1 Å². The molecule has 0 amide bonds. The number of rotatable bonds is 8. The van der Waals surface area contributed by atoms with E-state index in [0.29, 0.717) is 23.6 Å². The molecule has 2 heterocycles. The Labute approximate surface area is 239 Å². The van der Waals surface area contributed by atoms with E-state index < -0.39 is 11.9 Å². The predicted molar refractivity (Wildman–Crippen MR) is 159 cm³/mol. The average Bonchev–Trinajstić information content (AvgIpc) is 3.63. The second kappa shape index (κ2) is 12.1. The van der Waals surface area contributed by atoms with E-state index >= 15 is 0 Å². The van der Waals surface area contributed by atoms with Crippen LogP contribution in [0.4, 0.5) is 5.69 Å². The normalized spacial score (nSPS) is 13.5. The zero-order chi connectivity index (χ0) is 28.9. The molecular formula is C33H32N6O2. The van der Waals surface area contributed by atoms with Gasteiger partial charge >= 0.3 is 5.97 Å². The Morgan fingerprint density at radius 3 is 2.44 bits per heavy atom. The van der Waals surface area contributed by atoms with Crippen LogP contribution in [0.1, 0.15) is 53.5 Å². The molecule has 5 rings (SSSR count). The van der Waals surface area contributed by atoms with E-state index in [1.165, 1.54) is 0 Å². The first-order valence-electron chi connectivity index (χ1n) is 14.0. The van der Waals surface area contributed by atoms with Crippen molar-refractivity contribution in [2.24, 2.45) is 10.9 Å². The molecule has 8 heteroatoms. The molecule has 1 aliphatic heterocycles. The van der Waals surface area contributed by atoms with Crippen LogP contribution in [0.5, 0.6) is 0 Å². The summed E-state index contributed by atoms with van der Waals surface area (Å²) < 4.78 is 2.21. The van der Waals surface area contributed by atoms with Crippen molar-refractivity contribution in [3.05, 3.63) is 83.2 Å². The van der Waals surface area contributed by atoms with Crippen molar-refractivity contribution >= 4 is 28.5 Å². The standard InChI is InChI=1S/C33H32N6O2/c1-3-8-30-37-31-22(2)17-26(36-32(25(19-34)20-35)38-15-6-7-16-38)18-29(31)39(30)21-23-11-13-24(14-12-23)27-9-4-5-10-28(27)33(40)41/h4-5,9-14,17-18,25H,3,6-8,15-16,21H2,1-2H3,(H,40,41). The number of nitriles is 2. The number of hydrogen-bond acceptors (Lipinski definition) is 5. The second-order valence-corrected chi connectivity index (χ2v) is 10.4. The van der Waals surface area contributed by atoms with Gasteiger partial charge < -0.3 is 14.6 Å². The van der Waals surface area contributed by atoms with Crippen LogP contribution in [0, 0.1) is 35.5 Å². The number of aliphatic imine (C=N–C) groups is 1. The monoisotopic (exact) mass is 544 g/mol. The van der Waals surface area contributed by atoms with Crippen LogP contribution >= 0.6 is 0 Å². The number of carboxylic acid groups (broad SMARTS) is 1. The van der Waals surface area contributed by atoms with Gasteiger partial charge in [0, 0.05) is 26.1 Å². The van der Waals surface area contributed by atoms with Crippen molar-refractivity contribution in [2.45, 2.75) is 46.1 Å². The van der Waals surface area contributed by atoms with Crippen LogP contribution in [0.2, 0.25) is 0 Å². The van der Waals surface area contributed by atoms with Crippen molar-refractivity contribution in [3.63, 3.8) is 0 Å². The molecule has 3 aromatic carbocycles. The summed E-state index contributed by atoms with van der Waals surface area (Å²) in [6.45, 7) is 6.34. The zero-order valence-corrected chi connectivity index (χ0v) is 23.3. The van der Waals surface area contributed by atoms with E-state index in [-0.39, 0.29) is 5.56 Å². The first-order chi connectivity index (χ1) is 19.9. The van der Waals surface area contributed by atoms with Crippen molar-refractivity contribution in [3.8, 4) is 23.3 Å². The molecule has 0 saturated carbocycles. The Balaban J connectivity index is 1.55. The molecule has 1 aromatic heterocycles. The van der Waals surface area contributed by atoms with Gasteiger partial charge in [0.15, 0.2) is 5.92 Å². The van der Waals surface area contributed by atoms with Crippen molar-refractivity contribution in [1.82, 2.24) is 14.5 Å². The van der Waals surface area contributed by atoms with Gasteiger partial charge in [-0.1, -0.05) is 49.4 Å². The Bertz CT molecular complexity index is 1680. The quantitative estimate of drug-likeness (QED) is 0.200. The predicted octanol–water partition coefficient (Wildman–Crippen LogP) is 6.50. The molecule has 0 atom stereocenters. The van der Waals surface area contributed by atoms with Crippen molar-refractivity contribution in [1.29, 1.82) is 10.5 Å². The molecule has 1 aliphatic rings. The maximum absolute atomic E-state index is 11.7. The number of aromatic carboxylic acids is 1. The molecule has 1 fully saturated rings. The maximum atomic E-state index is 11.7. The molecule has 4 aromatic rings. The molecule has 1 saturated heterocycles. The Morgan fingerprint density at radius 2 is 1.78 bits per heavy atom. The van der Waals surface area contributed by atoms with Gasteiger partial charge in [-0.2, -0.15) is 10.5 Å². The Morgan fingerprint density at radius 1 is 1.07 bits per heavy atom. The molecular weight excluding hydrogens is 512 g/mol. The number of amidine groups is 1. The summed E-state index contributed by atoms with van der Waals surface area (Å²) in [4.78, 5) is 23.6. The highest BCUT2D eigenvalue weighted by molar-refractivity contribution is 5.96. The van der Waals surface area contributed by atoms with Gasteiger partial charge in [-0.15, -0.1) is 0 Å². The number of imidazole rings is 1. The minimum absolute atomic E-state index is 0.276. The summed E-state index contributed by atoms with van der Waals surface area (Å²) in [7, 11) is 0. The lowest BCUT2D eigenvalue weighted by Gasteiger charge is -2.20. The average molecular weight is 545 g/mol. The Kier molecular flexibility index (Phi) is 8.12. The fourth-order valence-electron chi connectivity index (χ4n) is 5.51. The number of nitrogens with zero attached hydrogens (tertiary/aromatic N) is 6. The molecule has 0 bridgehead atoms. The number of aryl methyl sites for hydroxylation is 2. The Hall–Kier alpha value is -4.95. The lowest BCUT2D eigenvalue weighted by atomic mass is 9.99. The van der Waals surface area contributed by atoms with Crippen LogP contribution in [-0.4, -0.2) is 44.5 Å². The topological polar surface area (TPSA) is 118 Å². The highest BCUT2D eigenvalue weighted by Gasteiger charge is 2.25. The minimum atomic E-state index is -0.948. The lowest BCUT2D eigenvalue weighted by Crippen LogP contribution is -2.32. The summed E-state index contributed by atoms with van der Waals surface area (Å²) in [5.74, 6) is -0.368. The summed E-state index contributed by atoms with van der Waals surface area (Å²) in [5.41, 5.74) is 6.45. The molecule has 8 nitrogen and oxygen atoms in total. The third kappa shape index (κ3) is 5.69. The largest absolute Gasteiger partial charge is 0.478 e. The van der Waals surface area contributed by atoms with E-state index in [2.05, 4.69) is 28.5 Å². The molecule has 0 aliphatic carbocycles. The fraction of sp³-hybridized carbons (Fsp3) is 0.303. The fourth-order valence-corrected chi connectivity index (χ4v) is 5.51. The first kappa shape index (κ1) is 27.6. The summed E-state index contributed by atoms with van der Waals surface area (Å²) in [6, 6.07) is 23.2. The third-order valence-corrected chi connectivity index (χ3v) is 7.54.